The van der Waals surface area contributed by atoms with Gasteiger partial charge in [0.05, 0.1) is 6.10 Å². The number of benzene rings is 2. The zero-order valence-electron chi connectivity index (χ0n) is 12.0. The largest absolute Gasteiger partial charge is 0.388 e. The van der Waals surface area contributed by atoms with Crippen molar-refractivity contribution in [2.24, 2.45) is 0 Å². The summed E-state index contributed by atoms with van der Waals surface area (Å²) in [6.45, 7) is 3.58. The molecule has 0 saturated heterocycles. The third-order valence-corrected chi connectivity index (χ3v) is 4.23. The van der Waals surface area contributed by atoms with Crippen molar-refractivity contribution in [3.63, 3.8) is 0 Å². The van der Waals surface area contributed by atoms with Crippen molar-refractivity contribution in [3.8, 4) is 0 Å². The molecule has 112 valence electrons. The van der Waals surface area contributed by atoms with Gasteiger partial charge in [0.25, 0.3) is 0 Å². The molecule has 0 spiro atoms. The maximum Gasteiger partial charge on any atom is 0.123 e. The molecule has 0 saturated carbocycles. The van der Waals surface area contributed by atoms with E-state index in [-0.39, 0.29) is 5.82 Å². The Morgan fingerprint density at radius 1 is 1.14 bits per heavy atom. The fraction of sp³-hybridized carbons (Fsp3) is 0.294. The second-order valence-electron chi connectivity index (χ2n) is 4.88. The second kappa shape index (κ2) is 7.57. The number of hydrogen-bond donors (Lipinski definition) is 1. The molecule has 0 bridgehead atoms. The van der Waals surface area contributed by atoms with E-state index in [1.165, 1.54) is 12.1 Å². The van der Waals surface area contributed by atoms with Crippen LogP contribution in [0.3, 0.4) is 0 Å². The maximum atomic E-state index is 13.0. The van der Waals surface area contributed by atoms with Crippen LogP contribution in [0.15, 0.2) is 53.0 Å². The molecule has 0 aliphatic rings. The summed E-state index contributed by atoms with van der Waals surface area (Å²) in [4.78, 5) is 2.12. The molecular weight excluding hydrogens is 333 g/mol. The first-order valence-corrected chi connectivity index (χ1v) is 7.84. The highest BCUT2D eigenvalue weighted by molar-refractivity contribution is 9.10. The molecule has 0 heterocycles. The average Bonchev–Trinajstić information content (AvgIpc) is 2.49. The highest BCUT2D eigenvalue weighted by Gasteiger charge is 2.13. The normalized spacial score (nSPS) is 12.2. The number of rotatable bonds is 6. The predicted molar refractivity (Wildman–Crippen MR) is 88.0 cm³/mol. The lowest BCUT2D eigenvalue weighted by Gasteiger charge is -2.24. The molecule has 4 heteroatoms. The Kier molecular flexibility index (Phi) is 5.76. The Morgan fingerprint density at radius 3 is 2.43 bits per heavy atom. The van der Waals surface area contributed by atoms with Gasteiger partial charge < -0.3 is 10.0 Å². The summed E-state index contributed by atoms with van der Waals surface area (Å²) in [6.07, 6.45) is 0.100. The molecule has 2 rings (SSSR count). The Bertz CT molecular complexity index is 573. The number of hydrogen-bond acceptors (Lipinski definition) is 2. The average molecular weight is 352 g/mol. The van der Waals surface area contributed by atoms with Crippen LogP contribution in [0.1, 0.15) is 25.0 Å². The Labute approximate surface area is 133 Å². The third kappa shape index (κ3) is 4.29. The van der Waals surface area contributed by atoms with Crippen LogP contribution in [0.4, 0.5) is 10.1 Å². The summed E-state index contributed by atoms with van der Waals surface area (Å²) in [6, 6.07) is 14.1. The van der Waals surface area contributed by atoms with Gasteiger partial charge in [0.2, 0.25) is 0 Å². The smallest absolute Gasteiger partial charge is 0.123 e. The van der Waals surface area contributed by atoms with Crippen LogP contribution >= 0.6 is 15.9 Å². The van der Waals surface area contributed by atoms with Gasteiger partial charge >= 0.3 is 0 Å². The van der Waals surface area contributed by atoms with Crippen LogP contribution in [-0.4, -0.2) is 18.2 Å². The Balaban J connectivity index is 2.00. The fourth-order valence-corrected chi connectivity index (χ4v) is 2.85. The van der Waals surface area contributed by atoms with Gasteiger partial charge in [0, 0.05) is 23.2 Å². The van der Waals surface area contributed by atoms with Crippen molar-refractivity contribution in [2.75, 3.05) is 18.0 Å². The first kappa shape index (κ1) is 16.0. The van der Waals surface area contributed by atoms with E-state index in [0.717, 1.165) is 22.3 Å². The number of aliphatic hydroxyl groups is 1. The van der Waals surface area contributed by atoms with Crippen LogP contribution in [0.25, 0.3) is 0 Å². The summed E-state index contributed by atoms with van der Waals surface area (Å²) in [5, 5.41) is 10.3. The van der Waals surface area contributed by atoms with E-state index in [0.29, 0.717) is 13.0 Å². The fourth-order valence-electron chi connectivity index (χ4n) is 2.30. The van der Waals surface area contributed by atoms with Gasteiger partial charge in [-0.05, 0) is 49.2 Å². The molecule has 0 fully saturated rings. The first-order chi connectivity index (χ1) is 10.1. The van der Waals surface area contributed by atoms with Gasteiger partial charge in [-0.3, -0.25) is 0 Å². The van der Waals surface area contributed by atoms with Crippen molar-refractivity contribution >= 4 is 21.6 Å². The van der Waals surface area contributed by atoms with Gasteiger partial charge in [-0.15, -0.1) is 0 Å². The third-order valence-electron chi connectivity index (χ3n) is 3.51. The Morgan fingerprint density at radius 2 is 1.81 bits per heavy atom. The minimum absolute atomic E-state index is 0.233. The lowest BCUT2D eigenvalue weighted by Crippen LogP contribution is -2.25. The first-order valence-electron chi connectivity index (χ1n) is 7.04. The second-order valence-corrected chi connectivity index (χ2v) is 5.74. The molecule has 1 unspecified atom stereocenters. The number of halogens is 2. The van der Waals surface area contributed by atoms with Gasteiger partial charge in [0.15, 0.2) is 0 Å². The van der Waals surface area contributed by atoms with Crippen LogP contribution in [0.5, 0.6) is 0 Å². The topological polar surface area (TPSA) is 23.5 Å². The summed E-state index contributed by atoms with van der Waals surface area (Å²) in [5.41, 5.74) is 1.87. The van der Waals surface area contributed by atoms with Crippen molar-refractivity contribution in [3.05, 3.63) is 64.4 Å². The predicted octanol–water partition coefficient (Wildman–Crippen LogP) is 4.54. The van der Waals surface area contributed by atoms with Crippen molar-refractivity contribution in [1.82, 2.24) is 0 Å². The lowest BCUT2D eigenvalue weighted by molar-refractivity contribution is 0.168. The van der Waals surface area contributed by atoms with E-state index < -0.39 is 6.10 Å². The van der Waals surface area contributed by atoms with E-state index in [1.54, 1.807) is 12.1 Å². The minimum Gasteiger partial charge on any atom is -0.388 e. The summed E-state index contributed by atoms with van der Waals surface area (Å²) in [7, 11) is 0. The van der Waals surface area contributed by atoms with Gasteiger partial charge in [-0.2, -0.15) is 0 Å². The SMILES string of the molecule is CCN(CCC(O)c1ccccc1Br)c1ccc(F)cc1. The van der Waals surface area contributed by atoms with E-state index in [4.69, 9.17) is 0 Å². The molecule has 0 aromatic heterocycles. The van der Waals surface area contributed by atoms with Gasteiger partial charge in [-0.1, -0.05) is 34.1 Å². The van der Waals surface area contributed by atoms with Crippen LogP contribution in [0, 0.1) is 5.82 Å². The molecule has 0 aliphatic heterocycles. The van der Waals surface area contributed by atoms with E-state index in [9.17, 15) is 9.50 Å². The number of aliphatic hydroxyl groups excluding tert-OH is 1. The van der Waals surface area contributed by atoms with E-state index >= 15 is 0 Å². The highest BCUT2D eigenvalue weighted by Crippen LogP contribution is 2.26. The molecule has 0 radical (unpaired) electrons. The standard InChI is InChI=1S/C17H19BrFNO/c1-2-20(14-9-7-13(19)8-10-14)12-11-17(21)15-5-3-4-6-16(15)18/h3-10,17,21H,2,11-12H2,1H3. The van der Waals surface area contributed by atoms with E-state index in [1.807, 2.05) is 31.2 Å². The highest BCUT2D eigenvalue weighted by atomic mass is 79.9. The van der Waals surface area contributed by atoms with Crippen LogP contribution in [0.2, 0.25) is 0 Å². The maximum absolute atomic E-state index is 13.0. The minimum atomic E-state index is -0.518. The Hall–Kier alpha value is -1.39. The molecule has 2 aromatic carbocycles. The molecular formula is C17H19BrFNO. The van der Waals surface area contributed by atoms with Crippen LogP contribution < -0.4 is 4.90 Å². The van der Waals surface area contributed by atoms with Crippen LogP contribution in [-0.2, 0) is 0 Å². The van der Waals surface area contributed by atoms with Crippen molar-refractivity contribution < 1.29 is 9.50 Å². The van der Waals surface area contributed by atoms with Crippen molar-refractivity contribution in [1.29, 1.82) is 0 Å². The molecule has 21 heavy (non-hydrogen) atoms. The molecule has 0 amide bonds. The molecule has 1 N–H and O–H groups in total. The summed E-state index contributed by atoms with van der Waals surface area (Å²) >= 11 is 3.46. The van der Waals surface area contributed by atoms with Gasteiger partial charge in [0.1, 0.15) is 5.82 Å². The number of anilines is 1. The lowest BCUT2D eigenvalue weighted by atomic mass is 10.1. The summed E-state index contributed by atoms with van der Waals surface area (Å²) in [5.74, 6) is -0.233. The zero-order valence-corrected chi connectivity index (χ0v) is 13.6. The number of nitrogens with zero attached hydrogens (tertiary/aromatic N) is 1. The monoisotopic (exact) mass is 351 g/mol. The molecule has 0 aliphatic carbocycles. The molecule has 2 nitrogen and oxygen atoms in total. The quantitative estimate of drug-likeness (QED) is 0.825. The molecule has 1 atom stereocenters. The molecule has 2 aromatic rings. The van der Waals surface area contributed by atoms with E-state index in [2.05, 4.69) is 20.8 Å². The zero-order chi connectivity index (χ0) is 15.2. The van der Waals surface area contributed by atoms with Crippen molar-refractivity contribution in [2.45, 2.75) is 19.4 Å². The summed E-state index contributed by atoms with van der Waals surface area (Å²) < 4.78 is 13.9. The van der Waals surface area contributed by atoms with Gasteiger partial charge in [-0.25, -0.2) is 4.39 Å².